The van der Waals surface area contributed by atoms with Crippen LogP contribution < -0.4 is 9.64 Å². The number of piperazine rings is 1. The minimum atomic E-state index is -1.04. The van der Waals surface area contributed by atoms with Crippen LogP contribution in [0.1, 0.15) is 12.5 Å². The van der Waals surface area contributed by atoms with E-state index in [0.29, 0.717) is 22.9 Å². The number of halogens is 2. The fourth-order valence-corrected chi connectivity index (χ4v) is 3.77. The summed E-state index contributed by atoms with van der Waals surface area (Å²) in [5.41, 5.74) is 0.611. The predicted octanol–water partition coefficient (Wildman–Crippen LogP) is 2.88. The molecule has 1 aliphatic rings. The minimum absolute atomic E-state index is 0.0387. The SMILES string of the molecule is C[C@@](O)(CN1CCN(c2ccc(OCCO)cc2Cl)CC1)c1ccc(F)cc1. The lowest BCUT2D eigenvalue weighted by Gasteiger charge is -2.39. The molecule has 2 N–H and O–H groups in total. The molecule has 1 heterocycles. The smallest absolute Gasteiger partial charge is 0.123 e. The Labute approximate surface area is 169 Å². The van der Waals surface area contributed by atoms with Crippen LogP contribution in [0, 0.1) is 5.82 Å². The Balaban J connectivity index is 1.57. The number of nitrogens with zero attached hydrogens (tertiary/aromatic N) is 2. The van der Waals surface area contributed by atoms with Crippen molar-refractivity contribution in [3.8, 4) is 5.75 Å². The van der Waals surface area contributed by atoms with Gasteiger partial charge in [0.25, 0.3) is 0 Å². The standard InChI is InChI=1S/C21H26ClFN2O3/c1-21(27,16-2-4-17(23)5-3-16)15-24-8-10-25(11-9-24)20-7-6-18(14-19(20)22)28-13-12-26/h2-7,14,26-27H,8-13,15H2,1H3/t21-/m1/s1. The van der Waals surface area contributed by atoms with Crippen molar-refractivity contribution < 1.29 is 19.3 Å². The van der Waals surface area contributed by atoms with Gasteiger partial charge in [0.1, 0.15) is 18.2 Å². The number of hydrogen-bond acceptors (Lipinski definition) is 5. The first kappa shape index (κ1) is 20.9. The third-order valence-electron chi connectivity index (χ3n) is 4.99. The van der Waals surface area contributed by atoms with Crippen LogP contribution in [0.15, 0.2) is 42.5 Å². The summed E-state index contributed by atoms with van der Waals surface area (Å²) in [6, 6.07) is 11.5. The molecule has 3 rings (SSSR count). The number of β-amino-alcohol motifs (C(OH)–C–C–N with tert-alkyl or cyclic N) is 1. The lowest BCUT2D eigenvalue weighted by atomic mass is 9.95. The van der Waals surface area contributed by atoms with Crippen LogP contribution in [0.4, 0.5) is 10.1 Å². The second-order valence-corrected chi connectivity index (χ2v) is 7.64. The lowest BCUT2D eigenvalue weighted by molar-refractivity contribution is 0.0143. The monoisotopic (exact) mass is 408 g/mol. The number of rotatable bonds is 7. The van der Waals surface area contributed by atoms with Crippen molar-refractivity contribution in [2.75, 3.05) is 50.8 Å². The quantitative estimate of drug-likeness (QED) is 0.737. The van der Waals surface area contributed by atoms with Crippen LogP contribution >= 0.6 is 11.6 Å². The van der Waals surface area contributed by atoms with E-state index >= 15 is 0 Å². The third kappa shape index (κ3) is 5.14. The van der Waals surface area contributed by atoms with Gasteiger partial charge < -0.3 is 19.8 Å². The molecule has 1 saturated heterocycles. The highest BCUT2D eigenvalue weighted by Gasteiger charge is 2.28. The van der Waals surface area contributed by atoms with Gasteiger partial charge in [0.05, 0.1) is 22.9 Å². The first-order valence-corrected chi connectivity index (χ1v) is 9.76. The third-order valence-corrected chi connectivity index (χ3v) is 5.29. The zero-order valence-corrected chi connectivity index (χ0v) is 16.7. The van der Waals surface area contributed by atoms with E-state index in [2.05, 4.69) is 9.80 Å². The summed E-state index contributed by atoms with van der Waals surface area (Å²) in [6.07, 6.45) is 0. The summed E-state index contributed by atoms with van der Waals surface area (Å²) >= 11 is 6.41. The largest absolute Gasteiger partial charge is 0.491 e. The Morgan fingerprint density at radius 2 is 1.79 bits per heavy atom. The summed E-state index contributed by atoms with van der Waals surface area (Å²) < 4.78 is 18.5. The summed E-state index contributed by atoms with van der Waals surface area (Å²) in [6.45, 7) is 5.59. The average Bonchev–Trinajstić information content (AvgIpc) is 2.67. The Bertz CT molecular complexity index is 778. The van der Waals surface area contributed by atoms with E-state index in [1.54, 1.807) is 25.1 Å². The molecule has 152 valence electrons. The van der Waals surface area contributed by atoms with Crippen molar-refractivity contribution >= 4 is 17.3 Å². The van der Waals surface area contributed by atoms with Crippen molar-refractivity contribution in [2.45, 2.75) is 12.5 Å². The van der Waals surface area contributed by atoms with Crippen molar-refractivity contribution in [1.82, 2.24) is 4.90 Å². The Morgan fingerprint density at radius 1 is 1.11 bits per heavy atom. The zero-order valence-electron chi connectivity index (χ0n) is 15.9. The van der Waals surface area contributed by atoms with Crippen molar-refractivity contribution in [2.24, 2.45) is 0 Å². The Kier molecular flexibility index (Phi) is 6.78. The van der Waals surface area contributed by atoms with Crippen molar-refractivity contribution in [3.63, 3.8) is 0 Å². The highest BCUT2D eigenvalue weighted by atomic mass is 35.5. The summed E-state index contributed by atoms with van der Waals surface area (Å²) in [5, 5.41) is 20.3. The van der Waals surface area contributed by atoms with Crippen molar-refractivity contribution in [1.29, 1.82) is 0 Å². The van der Waals surface area contributed by atoms with Gasteiger partial charge in [-0.25, -0.2) is 4.39 Å². The van der Waals surface area contributed by atoms with E-state index in [1.807, 2.05) is 12.1 Å². The summed E-state index contributed by atoms with van der Waals surface area (Å²) in [5.74, 6) is 0.328. The van der Waals surface area contributed by atoms with Gasteiger partial charge in [0, 0.05) is 38.8 Å². The van der Waals surface area contributed by atoms with E-state index in [-0.39, 0.29) is 19.0 Å². The lowest BCUT2D eigenvalue weighted by Crippen LogP contribution is -2.50. The van der Waals surface area contributed by atoms with Crippen molar-refractivity contribution in [3.05, 3.63) is 58.9 Å². The van der Waals surface area contributed by atoms with E-state index < -0.39 is 5.60 Å². The highest BCUT2D eigenvalue weighted by Crippen LogP contribution is 2.31. The number of anilines is 1. The number of benzene rings is 2. The van der Waals surface area contributed by atoms with Crippen LogP contribution in [0.2, 0.25) is 5.02 Å². The Hall–Kier alpha value is -1.86. The molecule has 1 fully saturated rings. The molecule has 5 nitrogen and oxygen atoms in total. The molecule has 0 spiro atoms. The van der Waals surface area contributed by atoms with Gasteiger partial charge in [-0.3, -0.25) is 4.90 Å². The van der Waals surface area contributed by atoms with Gasteiger partial charge in [-0.15, -0.1) is 0 Å². The minimum Gasteiger partial charge on any atom is -0.491 e. The van der Waals surface area contributed by atoms with Gasteiger partial charge in [-0.2, -0.15) is 0 Å². The number of aliphatic hydroxyl groups is 2. The second-order valence-electron chi connectivity index (χ2n) is 7.23. The number of hydrogen-bond donors (Lipinski definition) is 2. The predicted molar refractivity (Wildman–Crippen MR) is 109 cm³/mol. The molecular formula is C21H26ClFN2O3. The molecular weight excluding hydrogens is 383 g/mol. The van der Waals surface area contributed by atoms with Crippen LogP contribution in [0.5, 0.6) is 5.75 Å². The van der Waals surface area contributed by atoms with Gasteiger partial charge in [0.2, 0.25) is 0 Å². The van der Waals surface area contributed by atoms with Gasteiger partial charge in [0.15, 0.2) is 0 Å². The molecule has 28 heavy (non-hydrogen) atoms. The van der Waals surface area contributed by atoms with Crippen LogP contribution in [-0.4, -0.2) is 61.1 Å². The zero-order chi connectivity index (χ0) is 20.1. The van der Waals surface area contributed by atoms with Gasteiger partial charge in [-0.1, -0.05) is 23.7 Å². The first-order chi connectivity index (χ1) is 13.4. The summed E-state index contributed by atoms with van der Waals surface area (Å²) in [7, 11) is 0. The topological polar surface area (TPSA) is 56.2 Å². The van der Waals surface area contributed by atoms with E-state index in [0.717, 1.165) is 31.9 Å². The molecule has 0 aliphatic carbocycles. The maximum absolute atomic E-state index is 13.1. The van der Waals surface area contributed by atoms with Crippen LogP contribution in [0.3, 0.4) is 0 Å². The molecule has 7 heteroatoms. The second kappa shape index (κ2) is 9.09. The molecule has 0 radical (unpaired) electrons. The number of aliphatic hydroxyl groups excluding tert-OH is 1. The molecule has 1 aliphatic heterocycles. The van der Waals surface area contributed by atoms with E-state index in [1.165, 1.54) is 12.1 Å². The molecule has 0 bridgehead atoms. The first-order valence-electron chi connectivity index (χ1n) is 9.38. The fourth-order valence-electron chi connectivity index (χ4n) is 3.48. The van der Waals surface area contributed by atoms with Gasteiger partial charge in [-0.05, 0) is 36.8 Å². The molecule has 0 unspecified atom stereocenters. The molecule has 0 saturated carbocycles. The van der Waals surface area contributed by atoms with E-state index in [4.69, 9.17) is 21.4 Å². The highest BCUT2D eigenvalue weighted by molar-refractivity contribution is 6.33. The molecule has 0 aromatic heterocycles. The Morgan fingerprint density at radius 3 is 2.39 bits per heavy atom. The molecule has 1 atom stereocenters. The van der Waals surface area contributed by atoms with Crippen LogP contribution in [-0.2, 0) is 5.60 Å². The van der Waals surface area contributed by atoms with Crippen LogP contribution in [0.25, 0.3) is 0 Å². The summed E-state index contributed by atoms with van der Waals surface area (Å²) in [4.78, 5) is 4.41. The molecule has 0 amide bonds. The molecule has 2 aromatic carbocycles. The maximum atomic E-state index is 13.1. The van der Waals surface area contributed by atoms with Gasteiger partial charge >= 0.3 is 0 Å². The fraction of sp³-hybridized carbons (Fsp3) is 0.429. The van der Waals surface area contributed by atoms with E-state index in [9.17, 15) is 9.50 Å². The molecule has 2 aromatic rings. The average molecular weight is 409 g/mol. The number of ether oxygens (including phenoxy) is 1. The maximum Gasteiger partial charge on any atom is 0.123 e. The normalized spacial score (nSPS) is 17.4.